The molecular weight excluding hydrogens is 1810 g/mol. The minimum absolute atomic E-state index is 0.278. The predicted molar refractivity (Wildman–Crippen MR) is 447 cm³/mol. The molecule has 2 fully saturated rings. The fourth-order valence-corrected chi connectivity index (χ4v) is 30.0. The third-order valence-electron chi connectivity index (χ3n) is 18.5. The van der Waals surface area contributed by atoms with Gasteiger partial charge < -0.3 is 18.6 Å². The Hall–Kier alpha value is -3.95. The molecule has 0 spiro atoms. The van der Waals surface area contributed by atoms with Crippen molar-refractivity contribution < 1.29 is 18.6 Å². The van der Waals surface area contributed by atoms with E-state index in [4.69, 9.17) is 18.6 Å². The molecule has 0 bridgehead atoms. The van der Waals surface area contributed by atoms with Crippen molar-refractivity contribution >= 4 is 313 Å². The number of aromatic nitrogens is 16. The van der Waals surface area contributed by atoms with Crippen LogP contribution in [0.15, 0.2) is 66.4 Å². The zero-order valence-corrected chi connectivity index (χ0v) is 74.9. The fraction of sp³-hybridized carbons (Fsp3) is 0.403. The Balaban J connectivity index is 0.000000111. The van der Waals surface area contributed by atoms with Crippen LogP contribution >= 0.6 is 156 Å². The molecule has 8 aromatic heterocycles. The van der Waals surface area contributed by atoms with Crippen molar-refractivity contribution in [3.63, 3.8) is 0 Å². The number of rotatable bonds is 5. The summed E-state index contributed by atoms with van der Waals surface area (Å²) in [5, 5.41) is 42.9. The molecule has 2 saturated heterocycles. The smallest absolute Gasteiger partial charge is 0.404 e. The van der Waals surface area contributed by atoms with E-state index in [2.05, 4.69) is 308 Å². The first kappa shape index (κ1) is 76.3. The first-order valence-corrected chi connectivity index (χ1v) is 52.7. The van der Waals surface area contributed by atoms with Gasteiger partial charge in [-0.15, -0.1) is 40.8 Å². The van der Waals surface area contributed by atoms with Gasteiger partial charge in [0.2, 0.25) is 0 Å². The molecule has 10 heterocycles. The average molecular weight is 1880 g/mol. The van der Waals surface area contributed by atoms with E-state index in [0.717, 1.165) is 136 Å². The Morgan fingerprint density at radius 2 is 0.647 bits per heavy atom. The first-order chi connectivity index (χ1) is 48.2. The summed E-state index contributed by atoms with van der Waals surface area (Å²) in [4.78, 5) is 7.50. The van der Waals surface area contributed by atoms with Gasteiger partial charge >= 0.3 is 78.1 Å². The molecule has 18 rings (SSSR count). The van der Waals surface area contributed by atoms with E-state index >= 15 is 0 Å². The molecule has 0 radical (unpaired) electrons. The molecular formula is C67H70B2Br4N16O4S8Sn. The van der Waals surface area contributed by atoms with Gasteiger partial charge in [0.15, 0.2) is 0 Å². The zero-order valence-electron chi connectivity index (χ0n) is 59.2. The molecule has 0 aliphatic carbocycles. The molecule has 35 heteroatoms. The van der Waals surface area contributed by atoms with Gasteiger partial charge in [-0.2, -0.15) is 0 Å². The van der Waals surface area contributed by atoms with Crippen LogP contribution in [-0.4, -0.2) is 132 Å². The third kappa shape index (κ3) is 15.1. The predicted octanol–water partition coefficient (Wildman–Crippen LogP) is 22.3. The Kier molecular flexibility index (Phi) is 22.1. The summed E-state index contributed by atoms with van der Waals surface area (Å²) in [5.41, 5.74) is 11.9. The zero-order chi connectivity index (χ0) is 72.9. The number of halogens is 4. The fourth-order valence-electron chi connectivity index (χ4n) is 12.9. The molecule has 0 atom stereocenters. The summed E-state index contributed by atoms with van der Waals surface area (Å²) in [6.45, 7) is 31.9. The van der Waals surface area contributed by atoms with Crippen molar-refractivity contribution in [3.05, 3.63) is 88.7 Å². The van der Waals surface area contributed by atoms with Crippen molar-refractivity contribution in [1.82, 2.24) is 76.7 Å². The number of hydrogen-bond acceptors (Lipinski definition) is 28. The maximum Gasteiger partial charge on any atom is 0.455 e. The van der Waals surface area contributed by atoms with Crippen LogP contribution in [0.1, 0.15) is 112 Å². The van der Waals surface area contributed by atoms with Crippen LogP contribution in [0.3, 0.4) is 0 Å². The van der Waals surface area contributed by atoms with Crippen LogP contribution in [-0.2, 0) is 31.5 Å². The maximum absolute atomic E-state index is 5.98. The second-order valence-electron chi connectivity index (χ2n) is 29.5. The van der Waals surface area contributed by atoms with Gasteiger partial charge in [-0.1, -0.05) is 49.8 Å². The van der Waals surface area contributed by atoms with Gasteiger partial charge in [-0.3, -0.25) is 0 Å². The van der Waals surface area contributed by atoms with Crippen molar-refractivity contribution in [2.24, 2.45) is 5.41 Å². The average Bonchev–Trinajstić information content (AvgIpc) is 1.52. The monoisotopic (exact) mass is 1880 g/mol. The number of hydrogen-bond donors (Lipinski definition) is 0. The minimum atomic E-state index is -1.45. The van der Waals surface area contributed by atoms with Gasteiger partial charge in [0.25, 0.3) is 0 Å². The molecule has 102 heavy (non-hydrogen) atoms. The van der Waals surface area contributed by atoms with Gasteiger partial charge in [0.05, 0.1) is 60.0 Å². The number of benzene rings is 8. The van der Waals surface area contributed by atoms with E-state index in [-0.39, 0.29) is 36.6 Å². The second-order valence-corrected chi connectivity index (χ2v) is 54.6. The molecule has 0 amide bonds. The van der Waals surface area contributed by atoms with Crippen LogP contribution in [0.4, 0.5) is 0 Å². The van der Waals surface area contributed by atoms with Crippen LogP contribution in [0.25, 0.3) is 125 Å². The largest absolute Gasteiger partial charge is 0.455 e. The summed E-state index contributed by atoms with van der Waals surface area (Å²) in [5.74, 6) is 0. The van der Waals surface area contributed by atoms with Gasteiger partial charge in [-0.25, -0.2) is 0 Å². The van der Waals surface area contributed by atoms with Gasteiger partial charge in [0.1, 0.15) is 44.1 Å². The first-order valence-electron chi connectivity index (χ1n) is 32.8. The Morgan fingerprint density at radius 3 is 1.07 bits per heavy atom. The molecule has 0 unspecified atom stereocenters. The standard InChI is InChI=1S/C13H26B2O4.2C13H10N4S2.2C10H2Br2N4S2.C5H11.3CH3.Sn/c1-10(2)11(3,4)17-14(16-10)9-15-18-12(5,6)13(7,8)19-15;1-3-7-5-9-8(11-13(7)19-17-15-11)4-6(2)12-10(9)14-16-18-12;1-3-7-5-9-8(13-11(7)15-17-19-13)4-6(2)10-12(9)18-16-14-10;11-5-1-3-4(10-7(5)13-15-18-10)2-6(12)8-9(3)17-16-14-8;11-5-1-3-4(8-9(5)17-16-14-8)2-6(12)10-7(3)13-15-18-10;1-5(2,3)4;;;;/h9H2,1-8H3;2*4-5H,3H2,1-2H3;2*1-2H;1H2,2-4H3;3*1H3;. The molecule has 2 aliphatic heterocycles. The van der Waals surface area contributed by atoms with E-state index in [1.165, 1.54) is 138 Å². The number of nitrogens with zero attached hydrogens (tertiary/aromatic N) is 16. The molecule has 0 N–H and O–H groups in total. The Morgan fingerprint density at radius 1 is 0.353 bits per heavy atom. The molecule has 20 nitrogen and oxygen atoms in total. The van der Waals surface area contributed by atoms with Crippen LogP contribution in [0.5, 0.6) is 0 Å². The summed E-state index contributed by atoms with van der Waals surface area (Å²) < 4.78 is 70.8. The molecule has 2 aliphatic rings. The quantitative estimate of drug-likeness (QED) is 0.145. The SMILES string of the molecule is Brc1cc2c(cc(Br)c3nnsc32)c2snnc12.Brc1cc2c(cc(Br)c3snnc32)c2nnsc12.CC(C)(C)[CH2][Sn]([CH3])([CH3])[CH3].CC1(C)OB(CB2OC(C)(C)C(C)(C)O2)OC1(C)C.CCc1cc2c(cc(C)c3nnsc32)c2snnc12.CCc1cc2c(cc(C)c3snnc32)c2nnsc12. The van der Waals surface area contributed by atoms with Gasteiger partial charge in [0, 0.05) is 67.2 Å². The van der Waals surface area contributed by atoms with E-state index in [1.54, 1.807) is 0 Å². The summed E-state index contributed by atoms with van der Waals surface area (Å²) in [6.07, 6.45) is 2.53. The topological polar surface area (TPSA) is 243 Å². The normalized spacial score (nSPS) is 15.6. The summed E-state index contributed by atoms with van der Waals surface area (Å²) >= 11 is 24.2. The Bertz CT molecular complexity index is 5330. The molecule has 16 aromatic rings. The van der Waals surface area contributed by atoms with Crippen LogP contribution in [0, 0.1) is 19.3 Å². The van der Waals surface area contributed by atoms with E-state index in [0.29, 0.717) is 11.6 Å². The molecule has 528 valence electrons. The molecule has 0 saturated carbocycles. The van der Waals surface area contributed by atoms with Crippen molar-refractivity contribution in [2.75, 3.05) is 0 Å². The second kappa shape index (κ2) is 29.6. The number of fused-ring (bicyclic) bond motifs is 20. The van der Waals surface area contributed by atoms with Crippen LogP contribution in [0.2, 0.25) is 25.5 Å². The Labute approximate surface area is 659 Å². The molecule has 8 aromatic carbocycles. The number of aryl methyl sites for hydroxylation is 4. The third-order valence-corrected chi connectivity index (χ3v) is 33.8. The maximum atomic E-state index is 5.98. The summed E-state index contributed by atoms with van der Waals surface area (Å²) in [6, 6.07) is 17.1. The van der Waals surface area contributed by atoms with E-state index in [9.17, 15) is 0 Å². The van der Waals surface area contributed by atoms with Crippen molar-refractivity contribution in [2.45, 2.75) is 165 Å². The van der Waals surface area contributed by atoms with Crippen molar-refractivity contribution in [1.29, 1.82) is 0 Å². The summed E-state index contributed by atoms with van der Waals surface area (Å²) in [7, 11) is -0.556. The van der Waals surface area contributed by atoms with E-state index in [1.807, 2.05) is 0 Å². The van der Waals surface area contributed by atoms with Crippen LogP contribution < -0.4 is 0 Å². The van der Waals surface area contributed by atoms with E-state index < -0.39 is 18.4 Å². The minimum Gasteiger partial charge on any atom is -0.404 e. The van der Waals surface area contributed by atoms with Crippen molar-refractivity contribution in [3.8, 4) is 0 Å². The van der Waals surface area contributed by atoms with Gasteiger partial charge in [-0.05, 0) is 309 Å².